The highest BCUT2D eigenvalue weighted by molar-refractivity contribution is 5.67. The third-order valence-electron chi connectivity index (χ3n) is 3.40. The Morgan fingerprint density at radius 1 is 1.21 bits per heavy atom. The molecule has 6 nitrogen and oxygen atoms in total. The monoisotopic (exact) mass is 334 g/mol. The second kappa shape index (κ2) is 8.28. The van der Waals surface area contributed by atoms with Crippen LogP contribution in [0.15, 0.2) is 48.5 Å². The zero-order chi connectivity index (χ0) is 17.5. The maximum absolute atomic E-state index is 13.2. The predicted octanol–water partition coefficient (Wildman–Crippen LogP) is 1.73. The molecule has 7 heteroatoms. The number of nitrogen functional groups attached to an aromatic ring is 1. The van der Waals surface area contributed by atoms with E-state index < -0.39 is 24.1 Å². The van der Waals surface area contributed by atoms with Gasteiger partial charge >= 0.3 is 6.09 Å². The van der Waals surface area contributed by atoms with Gasteiger partial charge in [0.2, 0.25) is 0 Å². The van der Waals surface area contributed by atoms with E-state index in [0.29, 0.717) is 0 Å². The van der Waals surface area contributed by atoms with Crippen molar-refractivity contribution in [3.63, 3.8) is 0 Å². The number of ether oxygens (including phenoxy) is 1. The molecule has 2 aromatic carbocycles. The number of carbonyl (C=O) groups is 1. The summed E-state index contributed by atoms with van der Waals surface area (Å²) in [7, 11) is 0. The number of amides is 1. The summed E-state index contributed by atoms with van der Waals surface area (Å²) >= 11 is 0. The molecule has 0 heterocycles. The molecule has 5 N–H and O–H groups in total. The molecule has 0 saturated carbocycles. The van der Waals surface area contributed by atoms with Gasteiger partial charge in [0, 0.05) is 17.8 Å². The molecule has 2 atom stereocenters. The van der Waals surface area contributed by atoms with Gasteiger partial charge in [0.1, 0.15) is 24.6 Å². The van der Waals surface area contributed by atoms with Crippen molar-refractivity contribution in [2.24, 2.45) is 0 Å². The van der Waals surface area contributed by atoms with Gasteiger partial charge in [0.25, 0.3) is 0 Å². The molecular formula is C17H19FN2O4. The van der Waals surface area contributed by atoms with E-state index in [1.54, 1.807) is 12.1 Å². The summed E-state index contributed by atoms with van der Waals surface area (Å²) in [6.07, 6.45) is -3.54. The average molecular weight is 334 g/mol. The molecule has 24 heavy (non-hydrogen) atoms. The maximum atomic E-state index is 13.2. The zero-order valence-electron chi connectivity index (χ0n) is 12.9. The Morgan fingerprint density at radius 2 is 1.92 bits per heavy atom. The van der Waals surface area contributed by atoms with E-state index in [9.17, 15) is 19.4 Å². The fourth-order valence-electron chi connectivity index (χ4n) is 2.08. The summed E-state index contributed by atoms with van der Waals surface area (Å²) in [6.45, 7) is -0.188. The molecule has 2 rings (SSSR count). The van der Waals surface area contributed by atoms with Crippen molar-refractivity contribution in [2.45, 2.75) is 18.8 Å². The highest BCUT2D eigenvalue weighted by Gasteiger charge is 2.22. The first-order valence-corrected chi connectivity index (χ1v) is 7.33. The lowest BCUT2D eigenvalue weighted by Crippen LogP contribution is -2.36. The second-order valence-electron chi connectivity index (χ2n) is 5.23. The molecule has 0 aliphatic rings. The number of aliphatic hydroxyl groups is 2. The summed E-state index contributed by atoms with van der Waals surface area (Å²) in [5, 5.41) is 22.3. The molecule has 2 aromatic rings. The molecule has 0 spiro atoms. The van der Waals surface area contributed by atoms with E-state index >= 15 is 0 Å². The number of nitrogens with one attached hydrogen (secondary N) is 1. The number of rotatable bonds is 6. The number of carbonyl (C=O) groups excluding carboxylic acids is 1. The first-order valence-electron chi connectivity index (χ1n) is 7.33. The molecule has 1 amide bonds. The van der Waals surface area contributed by atoms with Crippen molar-refractivity contribution < 1.29 is 24.1 Å². The van der Waals surface area contributed by atoms with E-state index in [4.69, 9.17) is 10.5 Å². The smallest absolute Gasteiger partial charge is 0.407 e. The lowest BCUT2D eigenvalue weighted by atomic mass is 10.0. The molecular weight excluding hydrogens is 315 g/mol. The lowest BCUT2D eigenvalue weighted by Gasteiger charge is -2.20. The van der Waals surface area contributed by atoms with Crippen molar-refractivity contribution in [1.82, 2.24) is 5.32 Å². The minimum atomic E-state index is -1.44. The summed E-state index contributed by atoms with van der Waals surface area (Å²) in [4.78, 5) is 11.6. The number of hydrogen-bond acceptors (Lipinski definition) is 5. The van der Waals surface area contributed by atoms with Gasteiger partial charge in [0.15, 0.2) is 0 Å². The number of nitrogens with two attached hydrogens (primary N) is 1. The number of anilines is 1. The average Bonchev–Trinajstić information content (AvgIpc) is 2.60. The third-order valence-corrected chi connectivity index (χ3v) is 3.40. The summed E-state index contributed by atoms with van der Waals surface area (Å²) in [5.74, 6) is -0.583. The molecule has 0 saturated heterocycles. The molecule has 2 unspecified atom stereocenters. The van der Waals surface area contributed by atoms with Crippen LogP contribution in [0.5, 0.6) is 0 Å². The highest BCUT2D eigenvalue weighted by atomic mass is 19.1. The Morgan fingerprint density at radius 3 is 2.62 bits per heavy atom. The van der Waals surface area contributed by atoms with Gasteiger partial charge in [-0.3, -0.25) is 0 Å². The Kier molecular flexibility index (Phi) is 6.11. The van der Waals surface area contributed by atoms with E-state index in [0.717, 1.165) is 17.7 Å². The van der Waals surface area contributed by atoms with Crippen molar-refractivity contribution in [2.75, 3.05) is 12.3 Å². The van der Waals surface area contributed by atoms with Crippen molar-refractivity contribution in [1.29, 1.82) is 0 Å². The van der Waals surface area contributed by atoms with Crippen LogP contribution < -0.4 is 11.1 Å². The minimum Gasteiger partial charge on any atom is -0.445 e. The fraction of sp³-hybridized carbons (Fsp3) is 0.235. The quantitative estimate of drug-likeness (QED) is 0.602. The van der Waals surface area contributed by atoms with Gasteiger partial charge in [-0.15, -0.1) is 0 Å². The zero-order valence-corrected chi connectivity index (χ0v) is 12.9. The SMILES string of the molecule is Nc1ccc(F)cc1C(O)C(O)CNC(=O)OCc1ccccc1. The Balaban J connectivity index is 1.82. The number of hydrogen-bond donors (Lipinski definition) is 4. The third kappa shape index (κ3) is 4.94. The summed E-state index contributed by atoms with van der Waals surface area (Å²) in [6, 6.07) is 12.6. The highest BCUT2D eigenvalue weighted by Crippen LogP contribution is 2.24. The van der Waals surface area contributed by atoms with Gasteiger partial charge in [-0.2, -0.15) is 0 Å². The van der Waals surface area contributed by atoms with Crippen LogP contribution in [-0.2, 0) is 11.3 Å². The summed E-state index contributed by atoms with van der Waals surface area (Å²) < 4.78 is 18.2. The van der Waals surface area contributed by atoms with Crippen LogP contribution in [0, 0.1) is 5.82 Å². The van der Waals surface area contributed by atoms with Gasteiger partial charge < -0.3 is 26.0 Å². The van der Waals surface area contributed by atoms with E-state index in [2.05, 4.69) is 5.32 Å². The topological polar surface area (TPSA) is 105 Å². The largest absolute Gasteiger partial charge is 0.445 e. The number of halogens is 1. The molecule has 0 aliphatic carbocycles. The van der Waals surface area contributed by atoms with Gasteiger partial charge in [0.05, 0.1) is 0 Å². The van der Waals surface area contributed by atoms with Crippen LogP contribution in [0.1, 0.15) is 17.2 Å². The maximum Gasteiger partial charge on any atom is 0.407 e. The fourth-order valence-corrected chi connectivity index (χ4v) is 2.08. The molecule has 0 fully saturated rings. The molecule has 0 aliphatic heterocycles. The standard InChI is InChI=1S/C17H19FN2O4/c18-12-6-7-14(19)13(8-12)16(22)15(21)9-20-17(23)24-10-11-4-2-1-3-5-11/h1-8,15-16,21-22H,9-10,19H2,(H,20,23). The molecule has 0 bridgehead atoms. The van der Waals surface area contributed by atoms with Gasteiger partial charge in [-0.05, 0) is 23.8 Å². The number of alkyl carbamates (subject to hydrolysis) is 1. The van der Waals surface area contributed by atoms with E-state index in [-0.39, 0.29) is 24.4 Å². The van der Waals surface area contributed by atoms with Gasteiger partial charge in [-0.25, -0.2) is 9.18 Å². The minimum absolute atomic E-state index is 0.0574. The van der Waals surface area contributed by atoms with Crippen LogP contribution in [0.3, 0.4) is 0 Å². The van der Waals surface area contributed by atoms with Crippen LogP contribution in [-0.4, -0.2) is 29.0 Å². The normalized spacial score (nSPS) is 13.1. The predicted molar refractivity (Wildman–Crippen MR) is 86.4 cm³/mol. The molecule has 0 radical (unpaired) electrons. The summed E-state index contributed by atoms with van der Waals surface area (Å²) in [5.41, 5.74) is 6.67. The lowest BCUT2D eigenvalue weighted by molar-refractivity contribution is 0.0187. The van der Waals surface area contributed by atoms with Crippen molar-refractivity contribution in [3.05, 3.63) is 65.5 Å². The first-order chi connectivity index (χ1) is 11.5. The number of benzene rings is 2. The van der Waals surface area contributed by atoms with Crippen LogP contribution in [0.25, 0.3) is 0 Å². The van der Waals surface area contributed by atoms with Crippen LogP contribution in [0.2, 0.25) is 0 Å². The van der Waals surface area contributed by atoms with E-state index in [1.807, 2.05) is 18.2 Å². The molecule has 0 aromatic heterocycles. The van der Waals surface area contributed by atoms with E-state index in [1.165, 1.54) is 6.07 Å². The van der Waals surface area contributed by atoms with Crippen molar-refractivity contribution in [3.8, 4) is 0 Å². The second-order valence-corrected chi connectivity index (χ2v) is 5.23. The number of aliphatic hydroxyl groups excluding tert-OH is 2. The van der Waals surface area contributed by atoms with Crippen LogP contribution >= 0.6 is 0 Å². The van der Waals surface area contributed by atoms with Gasteiger partial charge in [-0.1, -0.05) is 30.3 Å². The first kappa shape index (κ1) is 17.7. The van der Waals surface area contributed by atoms with Crippen LogP contribution in [0.4, 0.5) is 14.9 Å². The Labute approximate surface area is 138 Å². The van der Waals surface area contributed by atoms with Crippen molar-refractivity contribution >= 4 is 11.8 Å². The molecule has 128 valence electrons. The Bertz CT molecular complexity index is 682. The Hall–Kier alpha value is -2.64.